The van der Waals surface area contributed by atoms with Crippen LogP contribution in [-0.4, -0.2) is 42.9 Å². The van der Waals surface area contributed by atoms with Gasteiger partial charge in [0, 0.05) is 31.0 Å². The molecule has 6 nitrogen and oxygen atoms in total. The minimum Gasteiger partial charge on any atom is -0.357 e. The quantitative estimate of drug-likeness (QED) is 0.932. The Labute approximate surface area is 130 Å². The van der Waals surface area contributed by atoms with E-state index in [1.54, 1.807) is 6.20 Å². The van der Waals surface area contributed by atoms with Crippen molar-refractivity contribution in [1.82, 2.24) is 15.2 Å². The highest BCUT2D eigenvalue weighted by Crippen LogP contribution is 2.37. The summed E-state index contributed by atoms with van der Waals surface area (Å²) in [6.45, 7) is 3.79. The highest BCUT2D eigenvalue weighted by molar-refractivity contribution is 7.90. The highest BCUT2D eigenvalue weighted by Gasteiger charge is 2.37. The van der Waals surface area contributed by atoms with Crippen LogP contribution in [0.25, 0.3) is 0 Å². The molecule has 0 aromatic carbocycles. The Balaban J connectivity index is 1.82. The van der Waals surface area contributed by atoms with Gasteiger partial charge in [0.2, 0.25) is 0 Å². The number of nitrogens with zero attached hydrogens (tertiary/aromatic N) is 3. The van der Waals surface area contributed by atoms with Crippen LogP contribution in [0.2, 0.25) is 0 Å². The van der Waals surface area contributed by atoms with Crippen molar-refractivity contribution < 1.29 is 8.42 Å². The van der Waals surface area contributed by atoms with Gasteiger partial charge in [0.15, 0.2) is 9.84 Å². The number of sulfone groups is 1. The lowest BCUT2D eigenvalue weighted by Crippen LogP contribution is -2.42. The molecule has 1 N–H and O–H groups in total. The molecule has 0 amide bonds. The molecule has 0 unspecified atom stereocenters. The maximum absolute atomic E-state index is 11.9. The molecule has 3 heterocycles. The summed E-state index contributed by atoms with van der Waals surface area (Å²) in [7, 11) is -3.26. The first kappa shape index (κ1) is 15.0. The van der Waals surface area contributed by atoms with E-state index in [1.165, 1.54) is 12.5 Å². The van der Waals surface area contributed by atoms with Gasteiger partial charge in [-0.05, 0) is 25.0 Å². The Morgan fingerprint density at radius 1 is 1.27 bits per heavy atom. The van der Waals surface area contributed by atoms with Gasteiger partial charge in [0.1, 0.15) is 10.7 Å². The fourth-order valence-electron chi connectivity index (χ4n) is 3.01. The third kappa shape index (κ3) is 2.72. The molecule has 2 aromatic heterocycles. The molecule has 1 aliphatic heterocycles. The molecule has 1 saturated heterocycles. The predicted molar refractivity (Wildman–Crippen MR) is 84.7 cm³/mol. The zero-order valence-electron chi connectivity index (χ0n) is 12.8. The first-order chi connectivity index (χ1) is 10.4. The molecule has 118 valence electrons. The van der Waals surface area contributed by atoms with E-state index in [1.807, 2.05) is 18.2 Å². The molecular formula is C15H20N4O2S. The molecule has 22 heavy (non-hydrogen) atoms. The number of anilines is 1. The SMILES string of the molecule is CC1(c2[nH]ncc2S(C)(=O)=O)CCN(c2ccccn2)CC1. The van der Waals surface area contributed by atoms with E-state index in [4.69, 9.17) is 0 Å². The fraction of sp³-hybridized carbons (Fsp3) is 0.467. The molecule has 0 aliphatic carbocycles. The number of aromatic nitrogens is 3. The zero-order valence-corrected chi connectivity index (χ0v) is 13.6. The molecule has 3 rings (SSSR count). The van der Waals surface area contributed by atoms with Crippen LogP contribution < -0.4 is 4.90 Å². The lowest BCUT2D eigenvalue weighted by Gasteiger charge is -2.39. The number of aromatic amines is 1. The summed E-state index contributed by atoms with van der Waals surface area (Å²) in [6.07, 6.45) is 6.15. The second-order valence-corrected chi connectivity index (χ2v) is 8.10. The Hall–Kier alpha value is -1.89. The van der Waals surface area contributed by atoms with Gasteiger partial charge in [-0.25, -0.2) is 13.4 Å². The lowest BCUT2D eigenvalue weighted by molar-refractivity contribution is 0.346. The average molecular weight is 320 g/mol. The van der Waals surface area contributed by atoms with Crippen LogP contribution >= 0.6 is 0 Å². The maximum Gasteiger partial charge on any atom is 0.178 e. The predicted octanol–water partition coefficient (Wildman–Crippen LogP) is 1.77. The first-order valence-electron chi connectivity index (χ1n) is 7.30. The van der Waals surface area contributed by atoms with E-state index in [9.17, 15) is 8.42 Å². The number of hydrogen-bond acceptors (Lipinski definition) is 5. The van der Waals surface area contributed by atoms with Gasteiger partial charge in [-0.2, -0.15) is 5.10 Å². The van der Waals surface area contributed by atoms with Gasteiger partial charge in [-0.1, -0.05) is 13.0 Å². The molecule has 0 bridgehead atoms. The van der Waals surface area contributed by atoms with Crippen molar-refractivity contribution in [2.75, 3.05) is 24.2 Å². The van der Waals surface area contributed by atoms with Crippen molar-refractivity contribution in [2.45, 2.75) is 30.1 Å². The summed E-state index contributed by atoms with van der Waals surface area (Å²) in [6, 6.07) is 5.88. The molecule has 0 saturated carbocycles. The lowest BCUT2D eigenvalue weighted by atomic mass is 9.77. The number of hydrogen-bond donors (Lipinski definition) is 1. The number of H-pyrrole nitrogens is 1. The van der Waals surface area contributed by atoms with Crippen LogP contribution in [0.3, 0.4) is 0 Å². The molecule has 7 heteroatoms. The molecule has 1 fully saturated rings. The summed E-state index contributed by atoms with van der Waals surface area (Å²) in [5, 5.41) is 6.87. The standard InChI is InChI=1S/C15H20N4O2S/c1-15(14-12(11-17-18-14)22(2,20)21)6-9-19(10-7-15)13-5-3-4-8-16-13/h3-5,8,11H,6-7,9-10H2,1-2H3,(H,17,18). The van der Waals surface area contributed by atoms with E-state index in [2.05, 4.69) is 27.0 Å². The third-order valence-electron chi connectivity index (χ3n) is 4.45. The molecule has 0 atom stereocenters. The van der Waals surface area contributed by atoms with Gasteiger partial charge in [0.25, 0.3) is 0 Å². The van der Waals surface area contributed by atoms with Crippen LogP contribution in [-0.2, 0) is 15.3 Å². The van der Waals surface area contributed by atoms with Crippen molar-refractivity contribution in [1.29, 1.82) is 0 Å². The topological polar surface area (TPSA) is 79.0 Å². The first-order valence-corrected chi connectivity index (χ1v) is 9.19. The summed E-state index contributed by atoms with van der Waals surface area (Å²) in [5.41, 5.74) is 0.524. The highest BCUT2D eigenvalue weighted by atomic mass is 32.2. The van der Waals surface area contributed by atoms with E-state index >= 15 is 0 Å². The van der Waals surface area contributed by atoms with Gasteiger partial charge < -0.3 is 4.90 Å². The average Bonchev–Trinajstić information content (AvgIpc) is 2.99. The summed E-state index contributed by atoms with van der Waals surface area (Å²) < 4.78 is 23.8. The molecule has 1 aliphatic rings. The van der Waals surface area contributed by atoms with Crippen molar-refractivity contribution in [3.05, 3.63) is 36.3 Å². The number of pyridine rings is 1. The van der Waals surface area contributed by atoms with Crippen LogP contribution in [0.1, 0.15) is 25.5 Å². The molecule has 0 spiro atoms. The Morgan fingerprint density at radius 2 is 2.00 bits per heavy atom. The second-order valence-electron chi connectivity index (χ2n) is 6.12. The van der Waals surface area contributed by atoms with Crippen molar-refractivity contribution in [3.63, 3.8) is 0 Å². The van der Waals surface area contributed by atoms with Crippen LogP contribution in [0, 0.1) is 0 Å². The van der Waals surface area contributed by atoms with Crippen LogP contribution in [0.4, 0.5) is 5.82 Å². The monoisotopic (exact) mass is 320 g/mol. The van der Waals surface area contributed by atoms with Crippen LogP contribution in [0.15, 0.2) is 35.5 Å². The van der Waals surface area contributed by atoms with Crippen molar-refractivity contribution in [2.24, 2.45) is 0 Å². The zero-order chi connectivity index (χ0) is 15.8. The summed E-state index contributed by atoms with van der Waals surface area (Å²) >= 11 is 0. The molecular weight excluding hydrogens is 300 g/mol. The van der Waals surface area contributed by atoms with Gasteiger partial charge in [-0.3, -0.25) is 5.10 Å². The normalized spacial score (nSPS) is 18.4. The van der Waals surface area contributed by atoms with E-state index in [-0.39, 0.29) is 5.41 Å². The second kappa shape index (κ2) is 5.39. The van der Waals surface area contributed by atoms with Crippen molar-refractivity contribution >= 4 is 15.7 Å². The van der Waals surface area contributed by atoms with Crippen molar-refractivity contribution in [3.8, 4) is 0 Å². The van der Waals surface area contributed by atoms with Gasteiger partial charge in [0.05, 0.1) is 11.9 Å². The Morgan fingerprint density at radius 3 is 2.59 bits per heavy atom. The smallest absolute Gasteiger partial charge is 0.178 e. The van der Waals surface area contributed by atoms with E-state index in [0.29, 0.717) is 4.90 Å². The largest absolute Gasteiger partial charge is 0.357 e. The number of piperidine rings is 1. The van der Waals surface area contributed by atoms with Gasteiger partial charge >= 0.3 is 0 Å². The fourth-order valence-corrected chi connectivity index (χ4v) is 3.92. The summed E-state index contributed by atoms with van der Waals surface area (Å²) in [4.78, 5) is 6.93. The van der Waals surface area contributed by atoms with Gasteiger partial charge in [-0.15, -0.1) is 0 Å². The molecule has 0 radical (unpaired) electrons. The Bertz CT molecular complexity index is 747. The number of rotatable bonds is 3. The Kier molecular flexibility index (Phi) is 3.68. The minimum absolute atomic E-state index is 0.208. The minimum atomic E-state index is -3.26. The molecule has 2 aromatic rings. The summed E-state index contributed by atoms with van der Waals surface area (Å²) in [5.74, 6) is 0.970. The van der Waals surface area contributed by atoms with E-state index < -0.39 is 9.84 Å². The maximum atomic E-state index is 11.9. The third-order valence-corrected chi connectivity index (χ3v) is 5.56. The van der Waals surface area contributed by atoms with E-state index in [0.717, 1.165) is 37.4 Å². The van der Waals surface area contributed by atoms with Crippen LogP contribution in [0.5, 0.6) is 0 Å². The number of nitrogens with one attached hydrogen (secondary N) is 1.